The Bertz CT molecular complexity index is 2700. The number of hydrogen-bond donors (Lipinski definition) is 0. The van der Waals surface area contributed by atoms with E-state index in [1.807, 2.05) is 0 Å². The number of nitrogens with zero attached hydrogens (tertiary/aromatic N) is 1. The predicted molar refractivity (Wildman–Crippen MR) is 220 cm³/mol. The molecule has 0 bridgehead atoms. The van der Waals surface area contributed by atoms with Gasteiger partial charge in [-0.2, -0.15) is 0 Å². The first-order valence-corrected chi connectivity index (χ1v) is 18.3. The van der Waals surface area contributed by atoms with Crippen LogP contribution in [0.15, 0.2) is 182 Å². The Morgan fingerprint density at radius 2 is 1.06 bits per heavy atom. The minimum absolute atomic E-state index is 0.114. The Morgan fingerprint density at radius 1 is 0.519 bits per heavy atom. The van der Waals surface area contributed by atoms with Gasteiger partial charge in [0.15, 0.2) is 0 Å². The molecule has 0 amide bonds. The largest absolute Gasteiger partial charge is 0.310 e. The second-order valence-electron chi connectivity index (χ2n) is 14.8. The third-order valence-corrected chi connectivity index (χ3v) is 12.0. The molecule has 7 aromatic rings. The van der Waals surface area contributed by atoms with E-state index < -0.39 is 5.41 Å². The summed E-state index contributed by atoms with van der Waals surface area (Å²) in [6.45, 7) is 11.2. The second kappa shape index (κ2) is 11.2. The number of fused-ring (bicyclic) bond motifs is 11. The van der Waals surface area contributed by atoms with Crippen LogP contribution < -0.4 is 4.90 Å². The average molecular weight is 666 g/mol. The van der Waals surface area contributed by atoms with Crippen molar-refractivity contribution in [3.8, 4) is 22.3 Å². The second-order valence-corrected chi connectivity index (χ2v) is 14.8. The van der Waals surface area contributed by atoms with Gasteiger partial charge in [-0.25, -0.2) is 0 Å². The Balaban J connectivity index is 1.27. The highest BCUT2D eigenvalue weighted by Gasteiger charge is 2.52. The average Bonchev–Trinajstić information content (AvgIpc) is 3.73. The smallest absolute Gasteiger partial charge is 0.0726 e. The van der Waals surface area contributed by atoms with E-state index in [-0.39, 0.29) is 5.41 Å². The predicted octanol–water partition coefficient (Wildman–Crippen LogP) is 13.5. The van der Waals surface area contributed by atoms with E-state index in [2.05, 4.69) is 202 Å². The van der Waals surface area contributed by atoms with Crippen LogP contribution >= 0.6 is 0 Å². The maximum absolute atomic E-state index is 4.35. The van der Waals surface area contributed by atoms with Gasteiger partial charge in [0.25, 0.3) is 0 Å². The fraction of sp³-hybridized carbons (Fsp3) is 0.0980. The molecular weight excluding hydrogens is 627 g/mol. The molecule has 1 atom stereocenters. The molecule has 0 saturated carbocycles. The molecule has 0 radical (unpaired) electrons. The van der Waals surface area contributed by atoms with Gasteiger partial charge in [0.05, 0.1) is 11.1 Å². The number of allylic oxidation sites excluding steroid dienone is 5. The third kappa shape index (κ3) is 3.94. The first-order chi connectivity index (χ1) is 25.5. The Labute approximate surface area is 306 Å². The zero-order chi connectivity index (χ0) is 35.2. The number of benzene rings is 7. The minimum Gasteiger partial charge on any atom is -0.310 e. The van der Waals surface area contributed by atoms with Crippen LogP contribution in [0.2, 0.25) is 0 Å². The van der Waals surface area contributed by atoms with Crippen molar-refractivity contribution < 1.29 is 0 Å². The van der Waals surface area contributed by atoms with Crippen LogP contribution in [-0.2, 0) is 10.8 Å². The molecule has 0 N–H and O–H groups in total. The lowest BCUT2D eigenvalue weighted by atomic mass is 9.69. The molecule has 3 aliphatic rings. The lowest BCUT2D eigenvalue weighted by Crippen LogP contribution is -2.27. The Kier molecular flexibility index (Phi) is 6.57. The van der Waals surface area contributed by atoms with Gasteiger partial charge < -0.3 is 4.90 Å². The standard InChI is InChI=1S/C51H39N/c1-5-16-44-36(6-2)38-20-10-13-24-45(38)51(44)46-25-14-11-22-40(46)42-30-28-35(32-48(42)51)52(49-26-15-18-33-17-7-8-19-37(33)49)34-27-29-41-39-21-9-12-23-43(39)50(3,4)47(41)31-34/h5-32H,2H2,1,3-4H3/b16-5-. The first kappa shape index (κ1) is 30.6. The van der Waals surface area contributed by atoms with E-state index in [1.54, 1.807) is 0 Å². The number of hydrogen-bond acceptors (Lipinski definition) is 1. The van der Waals surface area contributed by atoms with Crippen LogP contribution in [0.3, 0.4) is 0 Å². The van der Waals surface area contributed by atoms with Gasteiger partial charge in [0, 0.05) is 22.2 Å². The molecule has 1 spiro atoms. The van der Waals surface area contributed by atoms with Gasteiger partial charge in [0.2, 0.25) is 0 Å². The molecule has 0 aromatic heterocycles. The molecule has 1 heteroatoms. The molecular formula is C51H39N. The first-order valence-electron chi connectivity index (χ1n) is 18.3. The van der Waals surface area contributed by atoms with Crippen LogP contribution in [0.25, 0.3) is 38.6 Å². The van der Waals surface area contributed by atoms with Gasteiger partial charge in [-0.1, -0.05) is 160 Å². The van der Waals surface area contributed by atoms with Crippen molar-refractivity contribution in [3.63, 3.8) is 0 Å². The highest BCUT2D eigenvalue weighted by molar-refractivity contribution is 6.02. The summed E-state index contributed by atoms with van der Waals surface area (Å²) in [7, 11) is 0. The summed E-state index contributed by atoms with van der Waals surface area (Å²) < 4.78 is 0. The van der Waals surface area contributed by atoms with Crippen LogP contribution in [0.1, 0.15) is 54.2 Å². The fourth-order valence-corrected chi connectivity index (χ4v) is 9.79. The monoisotopic (exact) mass is 665 g/mol. The molecule has 248 valence electrons. The van der Waals surface area contributed by atoms with Gasteiger partial charge in [-0.15, -0.1) is 0 Å². The lowest BCUT2D eigenvalue weighted by Gasteiger charge is -2.33. The van der Waals surface area contributed by atoms with Gasteiger partial charge in [-0.05, 0) is 109 Å². The van der Waals surface area contributed by atoms with E-state index >= 15 is 0 Å². The molecule has 0 saturated heterocycles. The zero-order valence-corrected chi connectivity index (χ0v) is 29.8. The molecule has 10 rings (SSSR count). The summed E-state index contributed by atoms with van der Waals surface area (Å²) >= 11 is 0. The normalized spacial score (nSPS) is 17.3. The summed E-state index contributed by atoms with van der Waals surface area (Å²) in [5.74, 6) is 0. The highest BCUT2D eigenvalue weighted by atomic mass is 15.1. The van der Waals surface area contributed by atoms with Gasteiger partial charge in [-0.3, -0.25) is 0 Å². The van der Waals surface area contributed by atoms with Crippen molar-refractivity contribution in [3.05, 3.63) is 215 Å². The van der Waals surface area contributed by atoms with Crippen LogP contribution in [0.5, 0.6) is 0 Å². The molecule has 1 nitrogen and oxygen atoms in total. The molecule has 52 heavy (non-hydrogen) atoms. The van der Waals surface area contributed by atoms with E-state index in [4.69, 9.17) is 0 Å². The van der Waals surface area contributed by atoms with Crippen molar-refractivity contribution in [1.29, 1.82) is 0 Å². The highest BCUT2D eigenvalue weighted by Crippen LogP contribution is 2.63. The maximum atomic E-state index is 4.35. The van der Waals surface area contributed by atoms with E-state index in [0.29, 0.717) is 0 Å². The number of rotatable bonds is 5. The topological polar surface area (TPSA) is 3.24 Å². The summed E-state index contributed by atoms with van der Waals surface area (Å²) in [6.07, 6.45) is 6.56. The number of anilines is 3. The van der Waals surface area contributed by atoms with Gasteiger partial charge in [0.1, 0.15) is 0 Å². The molecule has 7 aromatic carbocycles. The SMILES string of the molecule is C=CC1=C(/C=C\C)C2(c3ccccc31)c1ccccc1-c1ccc(N(c3ccc4c(c3)C(C)(C)c3ccccc3-4)c3cccc4ccccc34)cc12. The van der Waals surface area contributed by atoms with E-state index in [9.17, 15) is 0 Å². The zero-order valence-electron chi connectivity index (χ0n) is 29.8. The van der Waals surface area contributed by atoms with Crippen molar-refractivity contribution >= 4 is 33.4 Å². The Hall–Kier alpha value is -6.18. The van der Waals surface area contributed by atoms with E-state index in [0.717, 1.165) is 11.4 Å². The van der Waals surface area contributed by atoms with E-state index in [1.165, 1.54) is 83.2 Å². The fourth-order valence-electron chi connectivity index (χ4n) is 9.79. The summed E-state index contributed by atoms with van der Waals surface area (Å²) in [5.41, 5.74) is 18.5. The van der Waals surface area contributed by atoms with Crippen molar-refractivity contribution in [1.82, 2.24) is 0 Å². The van der Waals surface area contributed by atoms with Crippen molar-refractivity contribution in [2.75, 3.05) is 4.90 Å². The minimum atomic E-state index is -0.472. The van der Waals surface area contributed by atoms with Crippen molar-refractivity contribution in [2.45, 2.75) is 31.6 Å². The van der Waals surface area contributed by atoms with Crippen LogP contribution in [-0.4, -0.2) is 0 Å². The van der Waals surface area contributed by atoms with Crippen molar-refractivity contribution in [2.24, 2.45) is 0 Å². The summed E-state index contributed by atoms with van der Waals surface area (Å²) in [4.78, 5) is 2.49. The maximum Gasteiger partial charge on any atom is 0.0726 e. The molecule has 0 aliphatic heterocycles. The summed E-state index contributed by atoms with van der Waals surface area (Å²) in [6, 6.07) is 56.6. The molecule has 3 aliphatic carbocycles. The summed E-state index contributed by atoms with van der Waals surface area (Å²) in [5, 5.41) is 2.45. The Morgan fingerprint density at radius 3 is 1.77 bits per heavy atom. The lowest BCUT2D eigenvalue weighted by molar-refractivity contribution is 0.660. The molecule has 0 fully saturated rings. The van der Waals surface area contributed by atoms with Gasteiger partial charge >= 0.3 is 0 Å². The molecule has 1 unspecified atom stereocenters. The third-order valence-electron chi connectivity index (χ3n) is 12.0. The van der Waals surface area contributed by atoms with Crippen LogP contribution in [0.4, 0.5) is 17.1 Å². The quantitative estimate of drug-likeness (QED) is 0.177. The van der Waals surface area contributed by atoms with Crippen LogP contribution in [0, 0.1) is 0 Å². The molecule has 0 heterocycles.